The van der Waals surface area contributed by atoms with Crippen LogP contribution in [0.5, 0.6) is 0 Å². The van der Waals surface area contributed by atoms with Gasteiger partial charge in [0.25, 0.3) is 0 Å². The summed E-state index contributed by atoms with van der Waals surface area (Å²) in [6, 6.07) is 0. The van der Waals surface area contributed by atoms with E-state index in [1.165, 1.54) is 0 Å². The van der Waals surface area contributed by atoms with E-state index in [4.69, 9.17) is 4.74 Å². The van der Waals surface area contributed by atoms with Crippen LogP contribution >= 0.6 is 11.3 Å². The van der Waals surface area contributed by atoms with Crippen molar-refractivity contribution in [3.63, 3.8) is 0 Å². The Morgan fingerprint density at radius 1 is 1.42 bits per heavy atom. The van der Waals surface area contributed by atoms with Gasteiger partial charge in [-0.1, -0.05) is 6.92 Å². The quantitative estimate of drug-likeness (QED) is 0.808. The van der Waals surface area contributed by atoms with Crippen LogP contribution in [0.2, 0.25) is 0 Å². The fourth-order valence-electron chi connectivity index (χ4n) is 2.20. The molecular formula is C13H21N3O2S. The highest BCUT2D eigenvalue weighted by Gasteiger charge is 2.20. The van der Waals surface area contributed by atoms with Gasteiger partial charge in [0.1, 0.15) is 5.01 Å². The van der Waals surface area contributed by atoms with E-state index >= 15 is 0 Å². The van der Waals surface area contributed by atoms with E-state index in [0.717, 1.165) is 43.4 Å². The molecule has 0 saturated carbocycles. The Labute approximate surface area is 118 Å². The number of carbonyl (C=O) groups excluding carboxylic acids is 1. The van der Waals surface area contributed by atoms with Crippen LogP contribution in [0.4, 0.5) is 0 Å². The Hall–Kier alpha value is -0.980. The third-order valence-corrected chi connectivity index (χ3v) is 4.24. The van der Waals surface area contributed by atoms with E-state index in [2.05, 4.69) is 16.8 Å². The zero-order valence-corrected chi connectivity index (χ0v) is 12.4. The molecule has 1 aliphatic rings. The summed E-state index contributed by atoms with van der Waals surface area (Å²) >= 11 is 1.55. The zero-order chi connectivity index (χ0) is 13.7. The lowest BCUT2D eigenvalue weighted by atomic mass is 10.2. The Kier molecular flexibility index (Phi) is 5.30. The predicted octanol–water partition coefficient (Wildman–Crippen LogP) is 0.996. The van der Waals surface area contributed by atoms with Gasteiger partial charge in [-0.05, 0) is 6.54 Å². The number of piperazine rings is 1. The highest BCUT2D eigenvalue weighted by molar-refractivity contribution is 7.09. The molecule has 5 nitrogen and oxygen atoms in total. The lowest BCUT2D eigenvalue weighted by Gasteiger charge is -2.34. The van der Waals surface area contributed by atoms with Gasteiger partial charge in [0.2, 0.25) is 5.91 Å². The van der Waals surface area contributed by atoms with Crippen LogP contribution in [0, 0.1) is 0 Å². The van der Waals surface area contributed by atoms with Gasteiger partial charge in [0.15, 0.2) is 0 Å². The molecule has 2 heterocycles. The molecular weight excluding hydrogens is 262 g/mol. The van der Waals surface area contributed by atoms with E-state index in [1.54, 1.807) is 18.4 Å². The first-order valence-corrected chi connectivity index (χ1v) is 7.53. The molecule has 1 aromatic rings. The molecule has 0 aromatic carbocycles. The number of methoxy groups -OCH3 is 1. The molecule has 0 atom stereocenters. The van der Waals surface area contributed by atoms with Crippen LogP contribution in [0.3, 0.4) is 0 Å². The first-order chi connectivity index (χ1) is 9.22. The van der Waals surface area contributed by atoms with E-state index in [9.17, 15) is 4.79 Å². The van der Waals surface area contributed by atoms with Gasteiger partial charge in [0.05, 0.1) is 18.7 Å². The minimum atomic E-state index is 0.185. The Morgan fingerprint density at radius 3 is 2.79 bits per heavy atom. The maximum atomic E-state index is 12.2. The molecule has 19 heavy (non-hydrogen) atoms. The van der Waals surface area contributed by atoms with Crippen molar-refractivity contribution in [2.24, 2.45) is 0 Å². The minimum Gasteiger partial charge on any atom is -0.378 e. The molecule has 0 bridgehead atoms. The fourth-order valence-corrected chi connectivity index (χ4v) is 2.96. The topological polar surface area (TPSA) is 45.7 Å². The monoisotopic (exact) mass is 283 g/mol. The number of thiazole rings is 1. The summed E-state index contributed by atoms with van der Waals surface area (Å²) < 4.78 is 5.03. The zero-order valence-electron chi connectivity index (χ0n) is 11.6. The van der Waals surface area contributed by atoms with Gasteiger partial charge in [-0.3, -0.25) is 4.79 Å². The predicted molar refractivity (Wildman–Crippen MR) is 75.2 cm³/mol. The van der Waals surface area contributed by atoms with Crippen molar-refractivity contribution in [2.45, 2.75) is 20.0 Å². The highest BCUT2D eigenvalue weighted by atomic mass is 32.1. The van der Waals surface area contributed by atoms with Gasteiger partial charge in [-0.15, -0.1) is 11.3 Å². The molecule has 0 aliphatic carbocycles. The summed E-state index contributed by atoms with van der Waals surface area (Å²) in [6.45, 7) is 7.37. The fraction of sp³-hybridized carbons (Fsp3) is 0.692. The largest absolute Gasteiger partial charge is 0.378 e. The number of hydrogen-bond acceptors (Lipinski definition) is 5. The normalized spacial score (nSPS) is 16.8. The second kappa shape index (κ2) is 6.98. The molecule has 106 valence electrons. The number of nitrogens with zero attached hydrogens (tertiary/aromatic N) is 3. The molecule has 0 N–H and O–H groups in total. The Balaban J connectivity index is 1.83. The maximum absolute atomic E-state index is 12.2. The average molecular weight is 283 g/mol. The standard InChI is InChI=1S/C13H21N3O2S/c1-3-15-4-6-16(7-5-15)13(17)8-11-10-19-12(14-11)9-18-2/h10H,3-9H2,1-2H3. The average Bonchev–Trinajstić information content (AvgIpc) is 2.86. The van der Waals surface area contributed by atoms with Crippen LogP contribution in [0.25, 0.3) is 0 Å². The summed E-state index contributed by atoms with van der Waals surface area (Å²) in [4.78, 5) is 20.9. The molecule has 6 heteroatoms. The molecule has 0 spiro atoms. The van der Waals surface area contributed by atoms with Crippen LogP contribution in [0.1, 0.15) is 17.6 Å². The summed E-state index contributed by atoms with van der Waals surface area (Å²) in [5.74, 6) is 0.185. The van der Waals surface area contributed by atoms with Gasteiger partial charge in [-0.25, -0.2) is 4.98 Å². The number of carbonyl (C=O) groups is 1. The Bertz CT molecular complexity index is 414. The second-order valence-electron chi connectivity index (χ2n) is 4.66. The molecule has 2 rings (SSSR count). The summed E-state index contributed by atoms with van der Waals surface area (Å²) in [7, 11) is 1.65. The van der Waals surface area contributed by atoms with Gasteiger partial charge in [-0.2, -0.15) is 0 Å². The van der Waals surface area contributed by atoms with Crippen LogP contribution < -0.4 is 0 Å². The molecule has 0 unspecified atom stereocenters. The van der Waals surface area contributed by atoms with Crippen molar-refractivity contribution >= 4 is 17.2 Å². The maximum Gasteiger partial charge on any atom is 0.228 e. The smallest absolute Gasteiger partial charge is 0.228 e. The SMILES string of the molecule is CCN1CCN(C(=O)Cc2csc(COC)n2)CC1. The summed E-state index contributed by atoms with van der Waals surface area (Å²) in [5, 5.41) is 2.88. The van der Waals surface area contributed by atoms with E-state index in [0.29, 0.717) is 13.0 Å². The molecule has 0 radical (unpaired) electrons. The second-order valence-corrected chi connectivity index (χ2v) is 5.60. The van der Waals surface area contributed by atoms with Crippen molar-refractivity contribution in [1.29, 1.82) is 0 Å². The van der Waals surface area contributed by atoms with Crippen molar-refractivity contribution in [2.75, 3.05) is 39.8 Å². The van der Waals surface area contributed by atoms with Gasteiger partial charge in [0, 0.05) is 38.7 Å². The highest BCUT2D eigenvalue weighted by Crippen LogP contribution is 2.12. The van der Waals surface area contributed by atoms with Crippen molar-refractivity contribution < 1.29 is 9.53 Å². The Morgan fingerprint density at radius 2 is 2.16 bits per heavy atom. The van der Waals surface area contributed by atoms with Crippen LogP contribution in [-0.2, 0) is 22.6 Å². The third-order valence-electron chi connectivity index (χ3n) is 3.37. The first kappa shape index (κ1) is 14.4. The molecule has 1 amide bonds. The van der Waals surface area contributed by atoms with E-state index < -0.39 is 0 Å². The first-order valence-electron chi connectivity index (χ1n) is 6.65. The third kappa shape index (κ3) is 3.99. The van der Waals surface area contributed by atoms with E-state index in [1.807, 2.05) is 10.3 Å². The molecule has 1 fully saturated rings. The molecule has 1 aliphatic heterocycles. The van der Waals surface area contributed by atoms with Crippen LogP contribution in [0.15, 0.2) is 5.38 Å². The van der Waals surface area contributed by atoms with Crippen molar-refractivity contribution in [3.05, 3.63) is 16.1 Å². The van der Waals surface area contributed by atoms with Crippen molar-refractivity contribution in [1.82, 2.24) is 14.8 Å². The van der Waals surface area contributed by atoms with Gasteiger partial charge < -0.3 is 14.5 Å². The van der Waals surface area contributed by atoms with Gasteiger partial charge >= 0.3 is 0 Å². The molecule has 1 aromatic heterocycles. The number of hydrogen-bond donors (Lipinski definition) is 0. The van der Waals surface area contributed by atoms with E-state index in [-0.39, 0.29) is 5.91 Å². The summed E-state index contributed by atoms with van der Waals surface area (Å²) in [5.41, 5.74) is 0.861. The van der Waals surface area contributed by atoms with Crippen LogP contribution in [-0.4, -0.2) is 60.5 Å². The lowest BCUT2D eigenvalue weighted by Crippen LogP contribution is -2.48. The number of ether oxygens (including phenoxy) is 1. The summed E-state index contributed by atoms with van der Waals surface area (Å²) in [6.07, 6.45) is 0.409. The number of likely N-dealkylation sites (N-methyl/N-ethyl adjacent to an activating group) is 1. The number of rotatable bonds is 5. The van der Waals surface area contributed by atoms with Crippen molar-refractivity contribution in [3.8, 4) is 0 Å². The lowest BCUT2D eigenvalue weighted by molar-refractivity contribution is -0.132. The molecule has 1 saturated heterocycles. The number of amides is 1. The minimum absolute atomic E-state index is 0.185. The number of aromatic nitrogens is 1.